The van der Waals surface area contributed by atoms with Crippen molar-refractivity contribution < 1.29 is 9.59 Å². The first-order valence-corrected chi connectivity index (χ1v) is 14.4. The van der Waals surface area contributed by atoms with Gasteiger partial charge in [-0.05, 0) is 70.5 Å². The summed E-state index contributed by atoms with van der Waals surface area (Å²) in [5.41, 5.74) is 6.07. The lowest BCUT2D eigenvalue weighted by Crippen LogP contribution is -2.51. The molecule has 1 aromatic carbocycles. The van der Waals surface area contributed by atoms with Crippen LogP contribution in [0.4, 0.5) is 11.6 Å². The maximum absolute atomic E-state index is 13.1. The maximum Gasteiger partial charge on any atom is 0.270 e. The predicted octanol–water partition coefficient (Wildman–Crippen LogP) is 4.52. The molecule has 2 aliphatic rings. The molecule has 0 aliphatic heterocycles. The molecule has 216 valence electrons. The summed E-state index contributed by atoms with van der Waals surface area (Å²) in [5.74, 6) is 0.138. The second-order valence-electron chi connectivity index (χ2n) is 11.8. The maximum atomic E-state index is 13.1. The van der Waals surface area contributed by atoms with E-state index in [1.54, 1.807) is 18.2 Å². The van der Waals surface area contributed by atoms with Crippen LogP contribution in [0.5, 0.6) is 0 Å². The molecule has 4 aromatic rings. The van der Waals surface area contributed by atoms with Gasteiger partial charge in [-0.25, -0.2) is 15.0 Å². The largest absolute Gasteiger partial charge is 0.360 e. The van der Waals surface area contributed by atoms with Gasteiger partial charge in [-0.1, -0.05) is 18.2 Å². The first kappa shape index (κ1) is 27.6. The molecule has 0 spiro atoms. The number of carbonyl (C=O) groups is 2. The standard InChI is InChI=1S/C32H36N8O2/c1-32(39-30(42)26-12-11-23(18-33-26)36-27(41)10-6-14-40(2)3)13-5-8-22(16-32)37-31-35-17-21-15-20-7-4-9-25-28(20)24(19-34-25)29(21)38-31/h4,6-7,9-12,17-19,22,34H,5,8,13-16H2,1-3H3,(H,36,41)(H,39,42)(H,35,37,38). The number of hydrogen-bond donors (Lipinski definition) is 4. The number of likely N-dealkylation sites (N-methyl/N-ethyl adjacent to an activating group) is 1. The molecule has 10 heteroatoms. The number of fused-ring (bicyclic) bond motifs is 2. The number of nitrogens with one attached hydrogen (secondary N) is 4. The Morgan fingerprint density at radius 2 is 2.02 bits per heavy atom. The SMILES string of the molecule is CN(C)CC=CC(=O)Nc1ccc(C(=O)NC2(C)CCCC(Nc3ncc4c(n3)-c3c[nH]c5cccc(c35)C4)C2)nc1. The Labute approximate surface area is 245 Å². The average Bonchev–Trinajstić information content (AvgIpc) is 3.39. The predicted molar refractivity (Wildman–Crippen MR) is 164 cm³/mol. The van der Waals surface area contributed by atoms with Crippen molar-refractivity contribution in [1.82, 2.24) is 30.2 Å². The molecular weight excluding hydrogens is 528 g/mol. The molecule has 42 heavy (non-hydrogen) atoms. The van der Waals surface area contributed by atoms with E-state index in [-0.39, 0.29) is 17.9 Å². The molecule has 1 fully saturated rings. The summed E-state index contributed by atoms with van der Waals surface area (Å²) in [6, 6.07) is 9.79. The van der Waals surface area contributed by atoms with Gasteiger partial charge in [-0.15, -0.1) is 0 Å². The molecule has 4 N–H and O–H groups in total. The monoisotopic (exact) mass is 564 g/mol. The smallest absolute Gasteiger partial charge is 0.270 e. The number of aromatic amines is 1. The lowest BCUT2D eigenvalue weighted by molar-refractivity contribution is -0.111. The molecule has 1 saturated carbocycles. The Kier molecular flexibility index (Phi) is 7.47. The summed E-state index contributed by atoms with van der Waals surface area (Å²) in [4.78, 5) is 44.4. The molecule has 6 rings (SSSR count). The van der Waals surface area contributed by atoms with Gasteiger partial charge in [0.25, 0.3) is 5.91 Å². The van der Waals surface area contributed by atoms with Crippen molar-refractivity contribution in [2.24, 2.45) is 0 Å². The lowest BCUT2D eigenvalue weighted by Gasteiger charge is -2.39. The number of nitrogens with zero attached hydrogens (tertiary/aromatic N) is 4. The van der Waals surface area contributed by atoms with Crippen LogP contribution < -0.4 is 16.0 Å². The van der Waals surface area contributed by atoms with Crippen molar-refractivity contribution in [3.8, 4) is 11.3 Å². The number of benzene rings is 1. The molecule has 2 aliphatic carbocycles. The van der Waals surface area contributed by atoms with E-state index in [4.69, 9.17) is 4.98 Å². The molecule has 0 radical (unpaired) electrons. The van der Waals surface area contributed by atoms with Crippen LogP contribution in [-0.4, -0.2) is 68.9 Å². The molecule has 2 unspecified atom stereocenters. The Bertz CT molecular complexity index is 1660. The number of hydrogen-bond acceptors (Lipinski definition) is 7. The van der Waals surface area contributed by atoms with Gasteiger partial charge in [0, 0.05) is 65.0 Å². The Morgan fingerprint density at radius 1 is 1.14 bits per heavy atom. The van der Waals surface area contributed by atoms with Crippen molar-refractivity contribution in [3.63, 3.8) is 0 Å². The van der Waals surface area contributed by atoms with Crippen LogP contribution in [0.3, 0.4) is 0 Å². The summed E-state index contributed by atoms with van der Waals surface area (Å²) in [7, 11) is 3.87. The van der Waals surface area contributed by atoms with Gasteiger partial charge in [-0.2, -0.15) is 0 Å². The van der Waals surface area contributed by atoms with Crippen molar-refractivity contribution in [3.05, 3.63) is 77.9 Å². The molecule has 0 bridgehead atoms. The minimum atomic E-state index is -0.404. The van der Waals surface area contributed by atoms with Crippen LogP contribution in [-0.2, 0) is 11.2 Å². The van der Waals surface area contributed by atoms with E-state index in [0.717, 1.165) is 54.4 Å². The zero-order valence-electron chi connectivity index (χ0n) is 24.2. The Balaban J connectivity index is 1.08. The highest BCUT2D eigenvalue weighted by Crippen LogP contribution is 2.38. The van der Waals surface area contributed by atoms with Gasteiger partial charge in [0.15, 0.2) is 0 Å². The van der Waals surface area contributed by atoms with Crippen molar-refractivity contribution in [2.75, 3.05) is 31.3 Å². The van der Waals surface area contributed by atoms with E-state index in [1.807, 2.05) is 31.4 Å². The summed E-state index contributed by atoms with van der Waals surface area (Å²) >= 11 is 0. The van der Waals surface area contributed by atoms with Gasteiger partial charge in [0.1, 0.15) is 5.69 Å². The highest BCUT2D eigenvalue weighted by atomic mass is 16.2. The van der Waals surface area contributed by atoms with Crippen LogP contribution in [0.25, 0.3) is 22.2 Å². The zero-order chi connectivity index (χ0) is 29.3. The Morgan fingerprint density at radius 3 is 2.83 bits per heavy atom. The third-order valence-corrected chi connectivity index (χ3v) is 8.02. The van der Waals surface area contributed by atoms with Gasteiger partial charge < -0.3 is 25.8 Å². The lowest BCUT2D eigenvalue weighted by atomic mass is 9.80. The second-order valence-corrected chi connectivity index (χ2v) is 11.8. The first-order valence-electron chi connectivity index (χ1n) is 14.4. The van der Waals surface area contributed by atoms with E-state index in [2.05, 4.69) is 56.0 Å². The highest BCUT2D eigenvalue weighted by molar-refractivity contribution is 6.00. The molecule has 2 atom stereocenters. The van der Waals surface area contributed by atoms with Crippen LogP contribution in [0.1, 0.15) is 54.2 Å². The van der Waals surface area contributed by atoms with Crippen LogP contribution in [0, 0.1) is 0 Å². The average molecular weight is 565 g/mol. The molecular formula is C32H36N8O2. The Hall–Kier alpha value is -4.57. The van der Waals surface area contributed by atoms with Gasteiger partial charge in [-0.3, -0.25) is 9.59 Å². The molecule has 2 amide bonds. The third-order valence-electron chi connectivity index (χ3n) is 8.02. The summed E-state index contributed by atoms with van der Waals surface area (Å²) in [6.07, 6.45) is 13.1. The van der Waals surface area contributed by atoms with E-state index < -0.39 is 5.54 Å². The second kappa shape index (κ2) is 11.4. The van der Waals surface area contributed by atoms with Gasteiger partial charge >= 0.3 is 0 Å². The van der Waals surface area contributed by atoms with Crippen molar-refractivity contribution in [2.45, 2.75) is 50.6 Å². The third kappa shape index (κ3) is 5.89. The number of carbonyl (C=O) groups excluding carboxylic acids is 2. The van der Waals surface area contributed by atoms with Gasteiger partial charge in [0.05, 0.1) is 17.6 Å². The van der Waals surface area contributed by atoms with Crippen LogP contribution in [0.2, 0.25) is 0 Å². The number of H-pyrrole nitrogens is 1. The number of aromatic nitrogens is 4. The van der Waals surface area contributed by atoms with E-state index in [1.165, 1.54) is 23.2 Å². The zero-order valence-corrected chi connectivity index (χ0v) is 24.2. The minimum Gasteiger partial charge on any atom is -0.360 e. The van der Waals surface area contributed by atoms with Gasteiger partial charge in [0.2, 0.25) is 11.9 Å². The molecule has 3 heterocycles. The number of pyridine rings is 1. The number of amides is 2. The highest BCUT2D eigenvalue weighted by Gasteiger charge is 2.34. The topological polar surface area (TPSA) is 128 Å². The van der Waals surface area contributed by atoms with E-state index >= 15 is 0 Å². The van der Waals surface area contributed by atoms with E-state index in [9.17, 15) is 9.59 Å². The normalized spacial score (nSPS) is 19.6. The van der Waals surface area contributed by atoms with Crippen LogP contribution in [0.15, 0.2) is 61.1 Å². The summed E-state index contributed by atoms with van der Waals surface area (Å²) in [6.45, 7) is 2.75. The fourth-order valence-corrected chi connectivity index (χ4v) is 6.04. The molecule has 0 saturated heterocycles. The molecule has 10 nitrogen and oxygen atoms in total. The van der Waals surface area contributed by atoms with Crippen molar-refractivity contribution >= 4 is 34.4 Å². The number of rotatable bonds is 8. The summed E-state index contributed by atoms with van der Waals surface area (Å²) in [5, 5.41) is 10.8. The summed E-state index contributed by atoms with van der Waals surface area (Å²) < 4.78 is 0. The fraction of sp³-hybridized carbons (Fsp3) is 0.344. The first-order chi connectivity index (χ1) is 20.3. The van der Waals surface area contributed by atoms with Crippen LogP contribution >= 0.6 is 0 Å². The quantitative estimate of drug-likeness (QED) is 0.204. The van der Waals surface area contributed by atoms with Crippen molar-refractivity contribution in [1.29, 1.82) is 0 Å². The number of anilines is 2. The fourth-order valence-electron chi connectivity index (χ4n) is 6.04. The minimum absolute atomic E-state index is 0.121. The molecule has 3 aromatic heterocycles. The van der Waals surface area contributed by atoms with E-state index in [0.29, 0.717) is 23.9 Å².